The van der Waals surface area contributed by atoms with Gasteiger partial charge in [-0.2, -0.15) is 0 Å². The lowest BCUT2D eigenvalue weighted by atomic mass is 9.71. The lowest BCUT2D eigenvalue weighted by Gasteiger charge is -2.54. The summed E-state index contributed by atoms with van der Waals surface area (Å²) >= 11 is 0. The van der Waals surface area contributed by atoms with Gasteiger partial charge in [-0.05, 0) is 46.5 Å². The van der Waals surface area contributed by atoms with E-state index in [0.717, 1.165) is 12.8 Å². The molecule has 9 heteroatoms. The highest BCUT2D eigenvalue weighted by Gasteiger charge is 2.55. The molecule has 30 heavy (non-hydrogen) atoms. The Hall–Kier alpha value is -2.32. The van der Waals surface area contributed by atoms with Crippen LogP contribution in [0, 0.1) is 11.3 Å². The molecule has 1 spiro atoms. The van der Waals surface area contributed by atoms with Crippen molar-refractivity contribution in [3.05, 3.63) is 0 Å². The number of piperidine rings is 3. The van der Waals surface area contributed by atoms with Crippen molar-refractivity contribution < 1.29 is 29.0 Å². The molecule has 0 aromatic rings. The topological polar surface area (TPSA) is 107 Å². The number of carboxylic acid groups (broad SMARTS) is 1. The fraction of sp³-hybridized carbons (Fsp3) is 0.810. The van der Waals surface area contributed by atoms with Gasteiger partial charge in [-0.25, -0.2) is 9.59 Å². The Labute approximate surface area is 176 Å². The summed E-state index contributed by atoms with van der Waals surface area (Å²) < 4.78 is 5.57. The summed E-state index contributed by atoms with van der Waals surface area (Å²) in [5, 5.41) is 9.08. The molecule has 1 aliphatic carbocycles. The number of carbonyl (C=O) groups excluding carboxylic acids is 3. The van der Waals surface area contributed by atoms with Gasteiger partial charge in [0.05, 0.1) is 0 Å². The van der Waals surface area contributed by atoms with Crippen molar-refractivity contribution in [2.75, 3.05) is 26.2 Å². The van der Waals surface area contributed by atoms with Crippen LogP contribution in [0.3, 0.4) is 0 Å². The van der Waals surface area contributed by atoms with Crippen molar-refractivity contribution in [3.63, 3.8) is 0 Å². The maximum absolute atomic E-state index is 13.5. The highest BCUT2D eigenvalue weighted by molar-refractivity contribution is 5.96. The summed E-state index contributed by atoms with van der Waals surface area (Å²) in [7, 11) is 0. The Morgan fingerprint density at radius 3 is 2.23 bits per heavy atom. The van der Waals surface area contributed by atoms with Gasteiger partial charge in [0, 0.05) is 50.0 Å². The molecule has 4 heterocycles. The van der Waals surface area contributed by atoms with Gasteiger partial charge in [0.2, 0.25) is 5.91 Å². The van der Waals surface area contributed by atoms with Crippen LogP contribution in [0.4, 0.5) is 9.59 Å². The summed E-state index contributed by atoms with van der Waals surface area (Å²) in [6.07, 6.45) is 1.70. The van der Waals surface area contributed by atoms with Crippen LogP contribution < -0.4 is 0 Å². The van der Waals surface area contributed by atoms with E-state index in [-0.39, 0.29) is 23.1 Å². The molecule has 0 unspecified atom stereocenters. The van der Waals surface area contributed by atoms with Crippen LogP contribution in [-0.2, 0) is 14.3 Å². The van der Waals surface area contributed by atoms with E-state index in [4.69, 9.17) is 9.84 Å². The molecule has 5 rings (SSSR count). The maximum atomic E-state index is 13.5. The van der Waals surface area contributed by atoms with E-state index < -0.39 is 29.7 Å². The zero-order chi connectivity index (χ0) is 21.8. The van der Waals surface area contributed by atoms with Gasteiger partial charge in [-0.15, -0.1) is 0 Å². The minimum atomic E-state index is -0.899. The number of ether oxygens (including phenoxy) is 1. The average molecular weight is 421 g/mol. The smallest absolute Gasteiger partial charge is 0.411 e. The SMILES string of the molecule is CC(C)(C)OC(=O)N1[C@H]2CC[C@H](C(=O)C2)[C@H]1C(=O)N1CCC2(CC1)CN(C(=O)O)C2. The van der Waals surface area contributed by atoms with E-state index in [0.29, 0.717) is 45.4 Å². The van der Waals surface area contributed by atoms with Gasteiger partial charge < -0.3 is 19.6 Å². The van der Waals surface area contributed by atoms with Gasteiger partial charge in [-0.3, -0.25) is 14.5 Å². The van der Waals surface area contributed by atoms with Crippen molar-refractivity contribution in [1.29, 1.82) is 0 Å². The molecule has 166 valence electrons. The normalized spacial score (nSPS) is 30.3. The molecule has 4 aliphatic heterocycles. The van der Waals surface area contributed by atoms with Crippen molar-refractivity contribution >= 4 is 23.9 Å². The number of ketones is 1. The molecule has 1 saturated carbocycles. The van der Waals surface area contributed by atoms with E-state index in [2.05, 4.69) is 0 Å². The molecule has 5 aliphatic rings. The van der Waals surface area contributed by atoms with E-state index in [1.807, 2.05) is 0 Å². The van der Waals surface area contributed by atoms with Crippen molar-refractivity contribution in [3.8, 4) is 0 Å². The second-order valence-corrected chi connectivity index (χ2v) is 10.3. The third-order valence-corrected chi connectivity index (χ3v) is 7.05. The number of nitrogens with zero attached hydrogens (tertiary/aromatic N) is 3. The molecule has 4 saturated heterocycles. The number of rotatable bonds is 1. The first kappa shape index (κ1) is 20.9. The molecule has 1 N–H and O–H groups in total. The van der Waals surface area contributed by atoms with Gasteiger partial charge in [0.25, 0.3) is 0 Å². The Morgan fingerprint density at radius 2 is 1.70 bits per heavy atom. The van der Waals surface area contributed by atoms with Gasteiger partial charge in [0.1, 0.15) is 17.4 Å². The lowest BCUT2D eigenvalue weighted by Crippen LogP contribution is -2.68. The fourth-order valence-electron chi connectivity index (χ4n) is 5.48. The van der Waals surface area contributed by atoms with Gasteiger partial charge in [0.15, 0.2) is 0 Å². The Morgan fingerprint density at radius 1 is 1.07 bits per heavy atom. The van der Waals surface area contributed by atoms with Crippen LogP contribution in [0.1, 0.15) is 52.9 Å². The first-order chi connectivity index (χ1) is 14.0. The number of hydrogen-bond acceptors (Lipinski definition) is 5. The summed E-state index contributed by atoms with van der Waals surface area (Å²) in [6, 6.07) is -1.07. The van der Waals surface area contributed by atoms with Crippen LogP contribution in [0.2, 0.25) is 0 Å². The number of Topliss-reactive ketones (excluding diaryl/α,β-unsaturated/α-hetero) is 1. The summed E-state index contributed by atoms with van der Waals surface area (Å²) in [5.41, 5.74) is -0.718. The minimum Gasteiger partial charge on any atom is -0.465 e. The van der Waals surface area contributed by atoms with Crippen molar-refractivity contribution in [2.45, 2.75) is 70.6 Å². The molecule has 5 fully saturated rings. The average Bonchev–Trinajstić information content (AvgIpc) is 2.63. The molecule has 0 aromatic carbocycles. The predicted octanol–water partition coefficient (Wildman–Crippen LogP) is 1.95. The Kier molecular flexibility index (Phi) is 4.97. The lowest BCUT2D eigenvalue weighted by molar-refractivity contribution is -0.156. The molecular weight excluding hydrogens is 390 g/mol. The van der Waals surface area contributed by atoms with Crippen LogP contribution in [0.15, 0.2) is 0 Å². The first-order valence-corrected chi connectivity index (χ1v) is 10.8. The molecule has 0 aromatic heterocycles. The van der Waals surface area contributed by atoms with E-state index in [9.17, 15) is 19.2 Å². The second-order valence-electron chi connectivity index (χ2n) is 10.3. The number of hydrogen-bond donors (Lipinski definition) is 1. The monoisotopic (exact) mass is 421 g/mol. The number of fused-ring (bicyclic) bond motifs is 3. The largest absolute Gasteiger partial charge is 0.465 e. The van der Waals surface area contributed by atoms with E-state index in [1.165, 1.54) is 9.80 Å². The highest BCUT2D eigenvalue weighted by Crippen LogP contribution is 2.43. The number of carbonyl (C=O) groups is 4. The predicted molar refractivity (Wildman–Crippen MR) is 106 cm³/mol. The molecule has 3 atom stereocenters. The standard InChI is InChI=1S/C21H31N3O6/c1-20(2,3)30-19(29)24-13-4-5-14(15(25)10-13)16(24)17(26)22-8-6-21(7-9-22)11-23(12-21)18(27)28/h13-14,16H,4-12H2,1-3H3,(H,27,28)/t13-,14+,16-/m0/s1. The van der Waals surface area contributed by atoms with Gasteiger partial charge >= 0.3 is 12.2 Å². The third-order valence-electron chi connectivity index (χ3n) is 7.05. The molecule has 3 amide bonds. The highest BCUT2D eigenvalue weighted by atomic mass is 16.6. The molecule has 0 radical (unpaired) electrons. The van der Waals surface area contributed by atoms with Crippen LogP contribution in [0.5, 0.6) is 0 Å². The quantitative estimate of drug-likeness (QED) is 0.693. The molecule has 9 nitrogen and oxygen atoms in total. The summed E-state index contributed by atoms with van der Waals surface area (Å²) in [5.74, 6) is -0.570. The summed E-state index contributed by atoms with van der Waals surface area (Å²) in [4.78, 5) is 54.7. The number of likely N-dealkylation sites (tertiary alicyclic amines) is 2. The van der Waals surface area contributed by atoms with Crippen molar-refractivity contribution in [1.82, 2.24) is 14.7 Å². The Bertz CT molecular complexity index is 759. The van der Waals surface area contributed by atoms with Crippen LogP contribution in [-0.4, -0.2) is 87.5 Å². The van der Waals surface area contributed by atoms with Crippen molar-refractivity contribution in [2.24, 2.45) is 11.3 Å². The summed E-state index contributed by atoms with van der Waals surface area (Å²) in [6.45, 7) is 7.45. The maximum Gasteiger partial charge on any atom is 0.411 e. The second kappa shape index (κ2) is 7.13. The van der Waals surface area contributed by atoms with Crippen LogP contribution >= 0.6 is 0 Å². The zero-order valence-corrected chi connectivity index (χ0v) is 17.9. The Balaban J connectivity index is 1.47. The molecule has 2 bridgehead atoms. The fourth-order valence-corrected chi connectivity index (χ4v) is 5.48. The number of amides is 3. The zero-order valence-electron chi connectivity index (χ0n) is 17.9. The molecular formula is C21H31N3O6. The minimum absolute atomic E-state index is 0.0403. The third kappa shape index (κ3) is 3.63. The van der Waals surface area contributed by atoms with Gasteiger partial charge in [-0.1, -0.05) is 0 Å². The van der Waals surface area contributed by atoms with E-state index >= 15 is 0 Å². The first-order valence-electron chi connectivity index (χ1n) is 10.8. The van der Waals surface area contributed by atoms with Crippen LogP contribution in [0.25, 0.3) is 0 Å². The van der Waals surface area contributed by atoms with E-state index in [1.54, 1.807) is 25.7 Å².